The van der Waals surface area contributed by atoms with Crippen molar-refractivity contribution in [3.8, 4) is 0 Å². The Morgan fingerprint density at radius 2 is 2.25 bits per heavy atom. The summed E-state index contributed by atoms with van der Waals surface area (Å²) in [6.07, 6.45) is 3.13. The highest BCUT2D eigenvalue weighted by Gasteiger charge is 2.25. The number of nitrogens with zero attached hydrogens (tertiary/aromatic N) is 2. The summed E-state index contributed by atoms with van der Waals surface area (Å²) < 4.78 is 0. The summed E-state index contributed by atoms with van der Waals surface area (Å²) in [6, 6.07) is 1.78. The highest BCUT2D eigenvalue weighted by molar-refractivity contribution is 5.85. The Hall–Kier alpha value is -1.49. The van der Waals surface area contributed by atoms with Crippen molar-refractivity contribution in [3.05, 3.63) is 24.3 Å². The third kappa shape index (κ3) is 3.58. The lowest BCUT2D eigenvalue weighted by molar-refractivity contribution is -0.126. The van der Waals surface area contributed by atoms with Gasteiger partial charge in [-0.05, 0) is 26.5 Å². The van der Waals surface area contributed by atoms with Crippen LogP contribution in [0.3, 0.4) is 0 Å². The van der Waals surface area contributed by atoms with Crippen LogP contribution in [0.1, 0.15) is 26.5 Å². The zero-order chi connectivity index (χ0) is 12.0. The number of aromatic nitrogens is 2. The molecule has 0 radical (unpaired) electrons. The lowest BCUT2D eigenvalue weighted by atomic mass is 10.0. The summed E-state index contributed by atoms with van der Waals surface area (Å²) in [5.41, 5.74) is 0.248. The van der Waals surface area contributed by atoms with Gasteiger partial charge in [0, 0.05) is 6.20 Å². The molecule has 1 heterocycles. The number of hydrogen-bond donors (Lipinski definition) is 2. The third-order valence-corrected chi connectivity index (χ3v) is 2.26. The summed E-state index contributed by atoms with van der Waals surface area (Å²) in [5, 5.41) is 5.95. The molecule has 1 amide bonds. The third-order valence-electron chi connectivity index (χ3n) is 2.26. The van der Waals surface area contributed by atoms with E-state index in [1.165, 1.54) is 6.33 Å². The van der Waals surface area contributed by atoms with Crippen LogP contribution in [0.5, 0.6) is 0 Å². The second kappa shape index (κ2) is 5.55. The Morgan fingerprint density at radius 1 is 1.50 bits per heavy atom. The zero-order valence-electron chi connectivity index (χ0n) is 9.95. The van der Waals surface area contributed by atoms with Gasteiger partial charge in [0.15, 0.2) is 0 Å². The van der Waals surface area contributed by atoms with Crippen LogP contribution in [0.4, 0.5) is 0 Å². The van der Waals surface area contributed by atoms with Crippen LogP contribution in [0.2, 0.25) is 0 Å². The molecule has 2 N–H and O–H groups in total. The lowest BCUT2D eigenvalue weighted by Crippen LogP contribution is -2.52. The first-order valence-corrected chi connectivity index (χ1v) is 5.34. The van der Waals surface area contributed by atoms with Crippen molar-refractivity contribution in [1.29, 1.82) is 0 Å². The van der Waals surface area contributed by atoms with Crippen LogP contribution in [-0.4, -0.2) is 28.0 Å². The van der Waals surface area contributed by atoms with Crippen LogP contribution in [-0.2, 0) is 11.3 Å². The largest absolute Gasteiger partial charge is 0.349 e. The number of carbonyl (C=O) groups is 1. The second-order valence-electron chi connectivity index (χ2n) is 4.04. The van der Waals surface area contributed by atoms with Crippen molar-refractivity contribution in [3.63, 3.8) is 0 Å². The molecule has 0 aliphatic heterocycles. The molecule has 16 heavy (non-hydrogen) atoms. The Kier molecular flexibility index (Phi) is 4.37. The molecule has 0 unspecified atom stereocenters. The molecule has 0 atom stereocenters. The molecule has 1 aromatic heterocycles. The van der Waals surface area contributed by atoms with E-state index in [2.05, 4.69) is 20.6 Å². The molecule has 0 bridgehead atoms. The number of nitrogens with one attached hydrogen (secondary N) is 2. The Bertz CT molecular complexity index is 337. The first-order chi connectivity index (χ1) is 7.56. The molecule has 0 aliphatic carbocycles. The minimum Gasteiger partial charge on any atom is -0.349 e. The molecular formula is C11H18N4O. The Labute approximate surface area is 95.7 Å². The number of hydrogen-bond acceptors (Lipinski definition) is 4. The van der Waals surface area contributed by atoms with Crippen LogP contribution in [0.15, 0.2) is 18.6 Å². The first-order valence-electron chi connectivity index (χ1n) is 5.34. The molecule has 1 rings (SSSR count). The standard InChI is InChI=1S/C11H18N4O/c1-4-15-11(2,3)10(16)13-7-9-5-6-12-8-14-9/h5-6,8,15H,4,7H2,1-3H3,(H,13,16). The van der Waals surface area contributed by atoms with Gasteiger partial charge >= 0.3 is 0 Å². The molecule has 1 aromatic rings. The molecule has 0 saturated heterocycles. The number of rotatable bonds is 5. The number of likely N-dealkylation sites (N-methyl/N-ethyl adjacent to an activating group) is 1. The van der Waals surface area contributed by atoms with Crippen LogP contribution >= 0.6 is 0 Å². The fourth-order valence-corrected chi connectivity index (χ4v) is 1.34. The van der Waals surface area contributed by atoms with E-state index in [0.29, 0.717) is 6.54 Å². The maximum Gasteiger partial charge on any atom is 0.240 e. The van der Waals surface area contributed by atoms with Gasteiger partial charge in [-0.3, -0.25) is 4.79 Å². The van der Waals surface area contributed by atoms with E-state index in [-0.39, 0.29) is 5.91 Å². The van der Waals surface area contributed by atoms with Gasteiger partial charge in [-0.1, -0.05) is 6.92 Å². The lowest BCUT2D eigenvalue weighted by Gasteiger charge is -2.24. The smallest absolute Gasteiger partial charge is 0.240 e. The van der Waals surface area contributed by atoms with E-state index in [1.54, 1.807) is 12.3 Å². The van der Waals surface area contributed by atoms with Gasteiger partial charge in [-0.25, -0.2) is 9.97 Å². The molecule has 0 fully saturated rings. The van der Waals surface area contributed by atoms with Gasteiger partial charge in [0.05, 0.1) is 17.8 Å². The Balaban J connectivity index is 2.47. The molecule has 0 spiro atoms. The normalized spacial score (nSPS) is 11.2. The van der Waals surface area contributed by atoms with Crippen molar-refractivity contribution in [2.24, 2.45) is 0 Å². The summed E-state index contributed by atoms with van der Waals surface area (Å²) in [7, 11) is 0. The first kappa shape index (κ1) is 12.6. The van der Waals surface area contributed by atoms with E-state index in [1.807, 2.05) is 20.8 Å². The molecule has 5 heteroatoms. The van der Waals surface area contributed by atoms with Gasteiger partial charge in [0.2, 0.25) is 5.91 Å². The molecular weight excluding hydrogens is 204 g/mol. The molecule has 0 aromatic carbocycles. The van der Waals surface area contributed by atoms with Crippen LogP contribution < -0.4 is 10.6 Å². The minimum absolute atomic E-state index is 0.0343. The quantitative estimate of drug-likeness (QED) is 0.760. The monoisotopic (exact) mass is 222 g/mol. The number of carbonyl (C=O) groups excluding carboxylic acids is 1. The topological polar surface area (TPSA) is 66.9 Å². The summed E-state index contributed by atoms with van der Waals surface area (Å²) >= 11 is 0. The SMILES string of the molecule is CCNC(C)(C)C(=O)NCc1ccncn1. The minimum atomic E-state index is -0.554. The van der Waals surface area contributed by atoms with Crippen molar-refractivity contribution >= 4 is 5.91 Å². The van der Waals surface area contributed by atoms with E-state index in [9.17, 15) is 4.79 Å². The van der Waals surface area contributed by atoms with E-state index >= 15 is 0 Å². The van der Waals surface area contributed by atoms with Crippen molar-refractivity contribution in [2.45, 2.75) is 32.9 Å². The highest BCUT2D eigenvalue weighted by atomic mass is 16.2. The van der Waals surface area contributed by atoms with Crippen LogP contribution in [0, 0.1) is 0 Å². The fraction of sp³-hybridized carbons (Fsp3) is 0.545. The second-order valence-corrected chi connectivity index (χ2v) is 4.04. The summed E-state index contributed by atoms with van der Waals surface area (Å²) in [5.74, 6) is -0.0343. The molecule has 5 nitrogen and oxygen atoms in total. The molecule has 0 saturated carbocycles. The van der Waals surface area contributed by atoms with E-state index in [0.717, 1.165) is 12.2 Å². The number of amides is 1. The van der Waals surface area contributed by atoms with Crippen LogP contribution in [0.25, 0.3) is 0 Å². The average molecular weight is 222 g/mol. The average Bonchev–Trinajstić information content (AvgIpc) is 2.27. The van der Waals surface area contributed by atoms with Gasteiger partial charge in [0.25, 0.3) is 0 Å². The maximum absolute atomic E-state index is 11.8. The highest BCUT2D eigenvalue weighted by Crippen LogP contribution is 2.02. The predicted octanol–water partition coefficient (Wildman–Crippen LogP) is 0.481. The van der Waals surface area contributed by atoms with E-state index < -0.39 is 5.54 Å². The predicted molar refractivity (Wildman–Crippen MR) is 61.6 cm³/mol. The van der Waals surface area contributed by atoms with Crippen molar-refractivity contribution in [2.75, 3.05) is 6.54 Å². The van der Waals surface area contributed by atoms with Gasteiger partial charge < -0.3 is 10.6 Å². The van der Waals surface area contributed by atoms with Crippen molar-refractivity contribution < 1.29 is 4.79 Å². The van der Waals surface area contributed by atoms with Gasteiger partial charge in [-0.15, -0.1) is 0 Å². The van der Waals surface area contributed by atoms with Crippen molar-refractivity contribution in [1.82, 2.24) is 20.6 Å². The maximum atomic E-state index is 11.8. The molecule has 88 valence electrons. The zero-order valence-corrected chi connectivity index (χ0v) is 9.95. The summed E-state index contributed by atoms with van der Waals surface area (Å²) in [4.78, 5) is 19.7. The Morgan fingerprint density at radius 3 is 2.81 bits per heavy atom. The van der Waals surface area contributed by atoms with Gasteiger partial charge in [-0.2, -0.15) is 0 Å². The molecule has 0 aliphatic rings. The summed E-state index contributed by atoms with van der Waals surface area (Å²) in [6.45, 7) is 6.86. The van der Waals surface area contributed by atoms with Gasteiger partial charge in [0.1, 0.15) is 6.33 Å². The fourth-order valence-electron chi connectivity index (χ4n) is 1.34. The van der Waals surface area contributed by atoms with E-state index in [4.69, 9.17) is 0 Å².